The van der Waals surface area contributed by atoms with Crippen molar-refractivity contribution in [2.45, 2.75) is 52.6 Å². The summed E-state index contributed by atoms with van der Waals surface area (Å²) in [6, 6.07) is -1.19. The van der Waals surface area contributed by atoms with Gasteiger partial charge in [-0.1, -0.05) is 27.7 Å². The monoisotopic (exact) mass is 338 g/mol. The van der Waals surface area contributed by atoms with Crippen molar-refractivity contribution in [3.05, 3.63) is 0 Å². The topological polar surface area (TPSA) is 81.4 Å². The van der Waals surface area contributed by atoms with Crippen molar-refractivity contribution in [1.29, 1.82) is 0 Å². The number of carbonyl (C=O) groups excluding carboxylic acids is 2. The molecule has 0 fully saturated rings. The van der Waals surface area contributed by atoms with Crippen LogP contribution in [0.3, 0.4) is 0 Å². The average molecular weight is 339 g/mol. The molecule has 0 bridgehead atoms. The van der Waals surface area contributed by atoms with Crippen molar-refractivity contribution in [1.82, 2.24) is 5.32 Å². The van der Waals surface area contributed by atoms with E-state index in [4.69, 9.17) is 5.73 Å². The molecule has 3 N–H and O–H groups in total. The number of carbonyl (C=O) groups is 2. The van der Waals surface area contributed by atoms with Gasteiger partial charge in [0, 0.05) is 0 Å². The lowest BCUT2D eigenvalue weighted by atomic mass is 10.0. The number of hydrogen-bond donors (Lipinski definition) is 2. The van der Waals surface area contributed by atoms with Crippen molar-refractivity contribution in [2.75, 3.05) is 7.11 Å². The van der Waals surface area contributed by atoms with E-state index in [0.717, 1.165) is 0 Å². The average Bonchev–Trinajstić information content (AvgIpc) is 2.25. The van der Waals surface area contributed by atoms with Crippen LogP contribution < -0.4 is 11.1 Å². The van der Waals surface area contributed by atoms with Gasteiger partial charge >= 0.3 is 5.97 Å². The highest BCUT2D eigenvalue weighted by Gasteiger charge is 2.25. The van der Waals surface area contributed by atoms with Crippen LogP contribution in [0, 0.1) is 11.8 Å². The van der Waals surface area contributed by atoms with Crippen LogP contribution in [-0.2, 0) is 14.3 Å². The molecular formula is C13H27BrN2O3. The van der Waals surface area contributed by atoms with Crippen LogP contribution in [0.1, 0.15) is 40.5 Å². The Balaban J connectivity index is 0. The fourth-order valence-electron chi connectivity index (χ4n) is 1.72. The van der Waals surface area contributed by atoms with Gasteiger partial charge in [-0.3, -0.25) is 4.79 Å². The molecule has 0 aromatic heterocycles. The molecule has 0 aliphatic heterocycles. The molecule has 0 aliphatic carbocycles. The predicted octanol–water partition coefficient (Wildman–Crippen LogP) is 1.64. The van der Waals surface area contributed by atoms with Gasteiger partial charge in [-0.15, -0.1) is 17.0 Å². The van der Waals surface area contributed by atoms with E-state index in [1.54, 1.807) is 0 Å². The Morgan fingerprint density at radius 1 is 1.11 bits per heavy atom. The summed E-state index contributed by atoms with van der Waals surface area (Å²) in [6.45, 7) is 7.96. The molecule has 5 nitrogen and oxygen atoms in total. The van der Waals surface area contributed by atoms with E-state index in [1.165, 1.54) is 7.11 Å². The van der Waals surface area contributed by atoms with Crippen molar-refractivity contribution in [3.63, 3.8) is 0 Å². The molecule has 0 heterocycles. The van der Waals surface area contributed by atoms with Gasteiger partial charge in [0.1, 0.15) is 6.04 Å². The molecule has 1 amide bonds. The number of methoxy groups -OCH3 is 1. The number of hydrogen-bond acceptors (Lipinski definition) is 4. The second-order valence-electron chi connectivity index (χ2n) is 5.45. The zero-order valence-electron chi connectivity index (χ0n) is 12.4. The van der Waals surface area contributed by atoms with E-state index in [2.05, 4.69) is 10.1 Å². The van der Waals surface area contributed by atoms with Crippen LogP contribution in [0.25, 0.3) is 0 Å². The molecule has 19 heavy (non-hydrogen) atoms. The van der Waals surface area contributed by atoms with Gasteiger partial charge in [-0.05, 0) is 24.7 Å². The molecule has 114 valence electrons. The fourth-order valence-corrected chi connectivity index (χ4v) is 1.72. The summed E-state index contributed by atoms with van der Waals surface area (Å²) in [4.78, 5) is 23.4. The van der Waals surface area contributed by atoms with Crippen LogP contribution in [0.2, 0.25) is 0 Å². The second-order valence-corrected chi connectivity index (χ2v) is 5.45. The SMILES string of the molecule is Br.COC(=O)[C@H](CC(C)C)NC(=O)[C@@H](N)CC(C)C. The molecule has 0 aromatic rings. The van der Waals surface area contributed by atoms with Crippen LogP contribution in [0.15, 0.2) is 0 Å². The molecule has 0 saturated carbocycles. The minimum absolute atomic E-state index is 0. The predicted molar refractivity (Wildman–Crippen MR) is 81.2 cm³/mol. The highest BCUT2D eigenvalue weighted by Crippen LogP contribution is 2.08. The quantitative estimate of drug-likeness (QED) is 0.691. The van der Waals surface area contributed by atoms with E-state index in [0.29, 0.717) is 18.8 Å². The number of amides is 1. The fraction of sp³-hybridized carbons (Fsp3) is 0.846. The van der Waals surface area contributed by atoms with E-state index in [9.17, 15) is 9.59 Å². The van der Waals surface area contributed by atoms with Crippen molar-refractivity contribution < 1.29 is 14.3 Å². The zero-order chi connectivity index (χ0) is 14.3. The Morgan fingerprint density at radius 3 is 1.95 bits per heavy atom. The van der Waals surface area contributed by atoms with E-state index < -0.39 is 18.1 Å². The minimum Gasteiger partial charge on any atom is -0.467 e. The Kier molecular flexibility index (Phi) is 11.1. The van der Waals surface area contributed by atoms with Gasteiger partial charge < -0.3 is 15.8 Å². The van der Waals surface area contributed by atoms with Crippen molar-refractivity contribution >= 4 is 28.9 Å². The Labute approximate surface area is 126 Å². The molecule has 6 heteroatoms. The maximum atomic E-state index is 11.8. The first-order valence-electron chi connectivity index (χ1n) is 6.41. The van der Waals surface area contributed by atoms with Crippen LogP contribution >= 0.6 is 17.0 Å². The number of nitrogens with one attached hydrogen (secondary N) is 1. The summed E-state index contributed by atoms with van der Waals surface area (Å²) in [5.41, 5.74) is 5.77. The molecule has 0 spiro atoms. The van der Waals surface area contributed by atoms with Gasteiger partial charge in [-0.25, -0.2) is 4.79 Å². The van der Waals surface area contributed by atoms with Gasteiger partial charge in [0.15, 0.2) is 0 Å². The van der Waals surface area contributed by atoms with Crippen LogP contribution in [0.5, 0.6) is 0 Å². The zero-order valence-corrected chi connectivity index (χ0v) is 14.1. The molecule has 0 aromatic carbocycles. The number of halogens is 1. The third-order valence-electron chi connectivity index (χ3n) is 2.57. The largest absolute Gasteiger partial charge is 0.467 e. The van der Waals surface area contributed by atoms with Crippen LogP contribution in [-0.4, -0.2) is 31.1 Å². The highest BCUT2D eigenvalue weighted by molar-refractivity contribution is 8.93. The maximum absolute atomic E-state index is 11.8. The van der Waals surface area contributed by atoms with Crippen molar-refractivity contribution in [3.8, 4) is 0 Å². The summed E-state index contributed by atoms with van der Waals surface area (Å²) < 4.78 is 4.68. The van der Waals surface area contributed by atoms with Gasteiger partial charge in [0.2, 0.25) is 5.91 Å². The summed E-state index contributed by atoms with van der Waals surface area (Å²) in [5.74, 6) is -0.0864. The summed E-state index contributed by atoms with van der Waals surface area (Å²) in [5, 5.41) is 2.67. The van der Waals surface area contributed by atoms with Gasteiger partial charge in [0.25, 0.3) is 0 Å². The molecule has 0 radical (unpaired) electrons. The smallest absolute Gasteiger partial charge is 0.328 e. The lowest BCUT2D eigenvalue weighted by Crippen LogP contribution is -2.49. The second kappa shape index (κ2) is 10.2. The maximum Gasteiger partial charge on any atom is 0.328 e. The first kappa shape index (κ1) is 20.7. The molecule has 0 rings (SSSR count). The number of esters is 1. The lowest BCUT2D eigenvalue weighted by Gasteiger charge is -2.21. The summed E-state index contributed by atoms with van der Waals surface area (Å²) >= 11 is 0. The summed E-state index contributed by atoms with van der Waals surface area (Å²) in [6.07, 6.45) is 1.15. The Bertz CT molecular complexity index is 283. The van der Waals surface area contributed by atoms with Crippen LogP contribution in [0.4, 0.5) is 0 Å². The standard InChI is InChI=1S/C13H26N2O3.BrH/c1-8(2)6-10(14)12(16)15-11(7-9(3)4)13(17)18-5;/h8-11H,6-7,14H2,1-5H3,(H,15,16);1H/t10-,11-;/m0./s1. The third kappa shape index (κ3) is 8.99. The van der Waals surface area contributed by atoms with E-state index >= 15 is 0 Å². The third-order valence-corrected chi connectivity index (χ3v) is 2.57. The molecule has 0 aliphatic rings. The normalized spacial score (nSPS) is 13.7. The Morgan fingerprint density at radius 2 is 1.58 bits per heavy atom. The molecule has 0 saturated heterocycles. The minimum atomic E-state index is -0.610. The first-order chi connectivity index (χ1) is 8.27. The highest BCUT2D eigenvalue weighted by atomic mass is 79.9. The van der Waals surface area contributed by atoms with E-state index in [1.807, 2.05) is 27.7 Å². The van der Waals surface area contributed by atoms with Gasteiger partial charge in [0.05, 0.1) is 13.2 Å². The van der Waals surface area contributed by atoms with E-state index in [-0.39, 0.29) is 28.8 Å². The number of ether oxygens (including phenoxy) is 1. The molecule has 2 atom stereocenters. The molecule has 0 unspecified atom stereocenters. The van der Waals surface area contributed by atoms with Crippen molar-refractivity contribution in [2.24, 2.45) is 17.6 Å². The van der Waals surface area contributed by atoms with Gasteiger partial charge in [-0.2, -0.15) is 0 Å². The molecular weight excluding hydrogens is 312 g/mol. The lowest BCUT2D eigenvalue weighted by molar-refractivity contribution is -0.145. The number of rotatable bonds is 7. The Hall–Kier alpha value is -0.620. The summed E-state index contributed by atoms with van der Waals surface area (Å²) in [7, 11) is 1.32. The number of nitrogens with two attached hydrogens (primary N) is 1. The first-order valence-corrected chi connectivity index (χ1v) is 6.41.